The molecule has 0 amide bonds. The monoisotopic (exact) mass is 446 g/mol. The molecule has 4 nitrogen and oxygen atoms in total. The van der Waals surface area contributed by atoms with Crippen LogP contribution in [-0.2, 0) is 4.74 Å². The number of carbonyl (C=O) groups is 1. The number of fused-ring (bicyclic) bond motifs is 1. The van der Waals surface area contributed by atoms with Crippen LogP contribution in [0, 0.1) is 0 Å². The Balaban J connectivity index is 1.87. The predicted octanol–water partition coefficient (Wildman–Crippen LogP) is 6.97. The molecule has 0 bridgehead atoms. The molecule has 0 saturated carbocycles. The van der Waals surface area contributed by atoms with Gasteiger partial charge in [-0.05, 0) is 41.3 Å². The molecule has 0 aliphatic heterocycles. The summed E-state index contributed by atoms with van der Waals surface area (Å²) in [5.74, 6) is -0.478. The maximum absolute atomic E-state index is 13.7. The summed E-state index contributed by atoms with van der Waals surface area (Å²) in [4.78, 5) is 26.6. The molecule has 0 radical (unpaired) electrons. The summed E-state index contributed by atoms with van der Waals surface area (Å²) >= 11 is 0. The van der Waals surface area contributed by atoms with Crippen LogP contribution in [0.3, 0.4) is 0 Å². The van der Waals surface area contributed by atoms with Crippen molar-refractivity contribution in [3.8, 4) is 33.6 Å². The van der Waals surface area contributed by atoms with E-state index >= 15 is 0 Å². The number of benzene rings is 4. The molecule has 1 heterocycles. The smallest absolute Gasteiger partial charge is 0.346 e. The lowest BCUT2D eigenvalue weighted by Crippen LogP contribution is -2.19. The topological polar surface area (TPSA) is 56.5 Å². The molecule has 0 spiro atoms. The van der Waals surface area contributed by atoms with Crippen LogP contribution in [-0.4, -0.2) is 12.6 Å². The van der Waals surface area contributed by atoms with E-state index in [1.54, 1.807) is 6.92 Å². The fourth-order valence-electron chi connectivity index (χ4n) is 4.14. The van der Waals surface area contributed by atoms with Crippen molar-refractivity contribution in [1.29, 1.82) is 0 Å². The van der Waals surface area contributed by atoms with Gasteiger partial charge in [-0.3, -0.25) is 4.79 Å². The molecular weight excluding hydrogens is 424 g/mol. The van der Waals surface area contributed by atoms with Gasteiger partial charge in [-0.2, -0.15) is 0 Å². The van der Waals surface area contributed by atoms with Crippen LogP contribution in [0.15, 0.2) is 112 Å². The third kappa shape index (κ3) is 3.90. The van der Waals surface area contributed by atoms with E-state index in [4.69, 9.17) is 9.15 Å². The lowest BCUT2D eigenvalue weighted by atomic mass is 9.92. The fraction of sp³-hybridized carbons (Fsp3) is 0.0667. The number of rotatable bonds is 5. The van der Waals surface area contributed by atoms with Crippen molar-refractivity contribution in [3.05, 3.63) is 119 Å². The predicted molar refractivity (Wildman–Crippen MR) is 135 cm³/mol. The van der Waals surface area contributed by atoms with Gasteiger partial charge in [-0.15, -0.1) is 0 Å². The highest BCUT2D eigenvalue weighted by Crippen LogP contribution is 2.36. The van der Waals surface area contributed by atoms with Gasteiger partial charge in [0.05, 0.1) is 12.0 Å². The van der Waals surface area contributed by atoms with Crippen LogP contribution >= 0.6 is 0 Å². The van der Waals surface area contributed by atoms with E-state index < -0.39 is 11.4 Å². The number of hydrogen-bond donors (Lipinski definition) is 0. The zero-order valence-electron chi connectivity index (χ0n) is 18.7. The number of hydrogen-bond acceptors (Lipinski definition) is 4. The Morgan fingerprint density at radius 3 is 1.76 bits per heavy atom. The van der Waals surface area contributed by atoms with E-state index in [2.05, 4.69) is 0 Å². The molecule has 5 rings (SSSR count). The molecule has 0 aliphatic carbocycles. The van der Waals surface area contributed by atoms with E-state index in [-0.39, 0.29) is 17.9 Å². The Bertz CT molecular complexity index is 1520. The summed E-state index contributed by atoms with van der Waals surface area (Å²) in [6.07, 6.45) is 0. The molecule has 4 aromatic carbocycles. The van der Waals surface area contributed by atoms with Crippen LogP contribution in [0.1, 0.15) is 17.3 Å². The molecule has 166 valence electrons. The lowest BCUT2D eigenvalue weighted by molar-refractivity contribution is 0.0524. The van der Waals surface area contributed by atoms with Gasteiger partial charge in [0.1, 0.15) is 5.58 Å². The Labute approximate surface area is 197 Å². The van der Waals surface area contributed by atoms with Crippen LogP contribution in [0.5, 0.6) is 0 Å². The van der Waals surface area contributed by atoms with Gasteiger partial charge in [-0.25, -0.2) is 4.79 Å². The van der Waals surface area contributed by atoms with Crippen molar-refractivity contribution in [2.75, 3.05) is 6.61 Å². The standard InChI is InChI=1S/C30H22O4/c1-2-33-30(32)27-28(31)25-18-23(20-12-6-3-7-13-20)24(21-14-8-4-9-15-21)19-26(25)34-29(27)22-16-10-5-11-17-22/h3-19H,2H2,1H3. The van der Waals surface area contributed by atoms with Gasteiger partial charge in [0.2, 0.25) is 5.43 Å². The SMILES string of the molecule is CCOC(=O)c1c(-c2ccccc2)oc2cc(-c3ccccc3)c(-c3ccccc3)cc2c1=O. The molecule has 0 N–H and O–H groups in total. The number of esters is 1. The molecule has 0 saturated heterocycles. The van der Waals surface area contributed by atoms with E-state index in [9.17, 15) is 9.59 Å². The second-order valence-electron chi connectivity index (χ2n) is 7.85. The average Bonchev–Trinajstić information content (AvgIpc) is 2.89. The van der Waals surface area contributed by atoms with Crippen molar-refractivity contribution in [2.45, 2.75) is 6.92 Å². The molecule has 0 aliphatic rings. The van der Waals surface area contributed by atoms with E-state index in [0.29, 0.717) is 16.5 Å². The summed E-state index contributed by atoms with van der Waals surface area (Å²) in [5.41, 5.74) is 4.34. The first-order valence-corrected chi connectivity index (χ1v) is 11.2. The van der Waals surface area contributed by atoms with Crippen LogP contribution in [0.25, 0.3) is 44.5 Å². The first-order chi connectivity index (χ1) is 16.7. The first kappa shape index (κ1) is 21.4. The number of ether oxygens (including phenoxy) is 1. The highest BCUT2D eigenvalue weighted by atomic mass is 16.5. The zero-order valence-corrected chi connectivity index (χ0v) is 18.7. The van der Waals surface area contributed by atoms with E-state index in [1.807, 2.05) is 103 Å². The van der Waals surface area contributed by atoms with Crippen molar-refractivity contribution < 1.29 is 13.9 Å². The maximum Gasteiger partial charge on any atom is 0.346 e. The van der Waals surface area contributed by atoms with E-state index in [1.165, 1.54) is 0 Å². The maximum atomic E-state index is 13.7. The normalized spacial score (nSPS) is 10.9. The van der Waals surface area contributed by atoms with Gasteiger partial charge in [-0.1, -0.05) is 91.0 Å². The van der Waals surface area contributed by atoms with E-state index in [0.717, 1.165) is 22.3 Å². The van der Waals surface area contributed by atoms with Crippen molar-refractivity contribution in [1.82, 2.24) is 0 Å². The molecule has 5 aromatic rings. The van der Waals surface area contributed by atoms with Crippen LogP contribution in [0.2, 0.25) is 0 Å². The first-order valence-electron chi connectivity index (χ1n) is 11.2. The largest absolute Gasteiger partial charge is 0.462 e. The minimum absolute atomic E-state index is 0.0907. The van der Waals surface area contributed by atoms with Gasteiger partial charge < -0.3 is 9.15 Å². The summed E-state index contributed by atoms with van der Waals surface area (Å²) in [5, 5.41) is 0.335. The molecule has 4 heteroatoms. The molecule has 0 unspecified atom stereocenters. The summed E-state index contributed by atoms with van der Waals surface area (Å²) in [6.45, 7) is 1.87. The van der Waals surface area contributed by atoms with Crippen molar-refractivity contribution in [3.63, 3.8) is 0 Å². The minimum Gasteiger partial charge on any atom is -0.462 e. The Hall–Kier alpha value is -4.44. The third-order valence-electron chi connectivity index (χ3n) is 5.72. The van der Waals surface area contributed by atoms with Gasteiger partial charge in [0.25, 0.3) is 0 Å². The Morgan fingerprint density at radius 2 is 1.24 bits per heavy atom. The molecule has 34 heavy (non-hydrogen) atoms. The highest BCUT2D eigenvalue weighted by molar-refractivity contribution is 6.01. The summed E-state index contributed by atoms with van der Waals surface area (Å²) in [7, 11) is 0. The zero-order chi connectivity index (χ0) is 23.5. The molecule has 1 aromatic heterocycles. The number of carbonyl (C=O) groups excluding carboxylic acids is 1. The van der Waals surface area contributed by atoms with Crippen molar-refractivity contribution >= 4 is 16.9 Å². The van der Waals surface area contributed by atoms with Gasteiger partial charge >= 0.3 is 5.97 Å². The van der Waals surface area contributed by atoms with Gasteiger partial charge in [0, 0.05) is 5.56 Å². The second kappa shape index (κ2) is 9.20. The molecular formula is C30H22O4. The van der Waals surface area contributed by atoms with Crippen LogP contribution in [0.4, 0.5) is 0 Å². The molecule has 0 fully saturated rings. The Morgan fingerprint density at radius 1 is 0.735 bits per heavy atom. The summed E-state index contributed by atoms with van der Waals surface area (Å²) < 4.78 is 11.5. The highest BCUT2D eigenvalue weighted by Gasteiger charge is 2.24. The lowest BCUT2D eigenvalue weighted by Gasteiger charge is -2.14. The molecule has 0 atom stereocenters. The quantitative estimate of drug-likeness (QED) is 0.274. The van der Waals surface area contributed by atoms with Crippen molar-refractivity contribution in [2.24, 2.45) is 0 Å². The second-order valence-corrected chi connectivity index (χ2v) is 7.85. The third-order valence-corrected chi connectivity index (χ3v) is 5.72. The average molecular weight is 447 g/mol. The van der Waals surface area contributed by atoms with Crippen LogP contribution < -0.4 is 5.43 Å². The minimum atomic E-state index is -0.689. The summed E-state index contributed by atoms with van der Waals surface area (Å²) in [6, 6.07) is 32.7. The fourth-order valence-corrected chi connectivity index (χ4v) is 4.14. The van der Waals surface area contributed by atoms with Gasteiger partial charge in [0.15, 0.2) is 11.3 Å². The Kier molecular flexibility index (Phi) is 5.79.